The van der Waals surface area contributed by atoms with Gasteiger partial charge in [-0.25, -0.2) is 13.2 Å². The summed E-state index contributed by atoms with van der Waals surface area (Å²) in [7, 11) is 0. The first-order valence-electron chi connectivity index (χ1n) is 6.50. The zero-order chi connectivity index (χ0) is 14.2. The Hall–Kier alpha value is -1.81. The predicted octanol–water partition coefficient (Wildman–Crippen LogP) is 3.19. The molecule has 0 spiro atoms. The van der Waals surface area contributed by atoms with Crippen molar-refractivity contribution in [3.63, 3.8) is 0 Å². The van der Waals surface area contributed by atoms with Crippen LogP contribution in [0.15, 0.2) is 42.5 Å². The van der Waals surface area contributed by atoms with Gasteiger partial charge in [0, 0.05) is 18.5 Å². The SMILES string of the molecule is Fc1ccc(C2(Cc3cc(F)ccc3F)CNC2)cc1. The Morgan fingerprint density at radius 2 is 1.55 bits per heavy atom. The highest BCUT2D eigenvalue weighted by atomic mass is 19.1. The van der Waals surface area contributed by atoms with Crippen molar-refractivity contribution in [3.05, 3.63) is 71.0 Å². The van der Waals surface area contributed by atoms with Gasteiger partial charge in [0.15, 0.2) is 0 Å². The first kappa shape index (κ1) is 13.2. The van der Waals surface area contributed by atoms with Gasteiger partial charge in [-0.3, -0.25) is 0 Å². The summed E-state index contributed by atoms with van der Waals surface area (Å²) in [6.45, 7) is 1.35. The summed E-state index contributed by atoms with van der Waals surface area (Å²) >= 11 is 0. The predicted molar refractivity (Wildman–Crippen MR) is 71.0 cm³/mol. The van der Waals surface area contributed by atoms with Crippen LogP contribution in [0.3, 0.4) is 0 Å². The second-order valence-corrected chi connectivity index (χ2v) is 5.30. The molecule has 2 aromatic carbocycles. The van der Waals surface area contributed by atoms with E-state index in [1.54, 1.807) is 12.1 Å². The Balaban J connectivity index is 1.93. The smallest absolute Gasteiger partial charge is 0.126 e. The average molecular weight is 277 g/mol. The van der Waals surface area contributed by atoms with Crippen LogP contribution >= 0.6 is 0 Å². The molecule has 3 rings (SSSR count). The normalized spacial score (nSPS) is 16.8. The Morgan fingerprint density at radius 3 is 2.15 bits per heavy atom. The molecule has 20 heavy (non-hydrogen) atoms. The van der Waals surface area contributed by atoms with Gasteiger partial charge in [0.2, 0.25) is 0 Å². The molecule has 0 atom stereocenters. The lowest BCUT2D eigenvalue weighted by Crippen LogP contribution is -2.58. The fourth-order valence-electron chi connectivity index (χ4n) is 2.70. The fourth-order valence-corrected chi connectivity index (χ4v) is 2.70. The van der Waals surface area contributed by atoms with E-state index in [2.05, 4.69) is 5.32 Å². The van der Waals surface area contributed by atoms with Crippen LogP contribution in [0.4, 0.5) is 13.2 Å². The van der Waals surface area contributed by atoms with Gasteiger partial charge in [0.05, 0.1) is 0 Å². The van der Waals surface area contributed by atoms with Crippen molar-refractivity contribution in [1.29, 1.82) is 0 Å². The average Bonchev–Trinajstić information content (AvgIpc) is 2.39. The number of rotatable bonds is 3. The van der Waals surface area contributed by atoms with Gasteiger partial charge < -0.3 is 5.32 Å². The van der Waals surface area contributed by atoms with Gasteiger partial charge in [0.1, 0.15) is 17.5 Å². The van der Waals surface area contributed by atoms with E-state index in [9.17, 15) is 13.2 Å². The summed E-state index contributed by atoms with van der Waals surface area (Å²) in [5.41, 5.74) is 1.01. The molecule has 0 bridgehead atoms. The second kappa shape index (κ2) is 4.94. The molecule has 0 unspecified atom stereocenters. The van der Waals surface area contributed by atoms with E-state index in [1.807, 2.05) is 0 Å². The number of benzene rings is 2. The summed E-state index contributed by atoms with van der Waals surface area (Å²) in [6.07, 6.45) is 0.398. The highest BCUT2D eigenvalue weighted by Crippen LogP contribution is 2.33. The lowest BCUT2D eigenvalue weighted by Gasteiger charge is -2.43. The molecule has 1 nitrogen and oxygen atoms in total. The zero-order valence-corrected chi connectivity index (χ0v) is 10.8. The Kier molecular flexibility index (Phi) is 3.26. The molecule has 1 saturated heterocycles. The maximum absolute atomic E-state index is 13.8. The molecule has 0 aliphatic carbocycles. The first-order valence-corrected chi connectivity index (χ1v) is 6.50. The summed E-state index contributed by atoms with van der Waals surface area (Å²) in [6, 6.07) is 9.73. The summed E-state index contributed by atoms with van der Waals surface area (Å²) in [4.78, 5) is 0. The van der Waals surface area contributed by atoms with Crippen molar-refractivity contribution in [2.75, 3.05) is 13.1 Å². The van der Waals surface area contributed by atoms with Crippen LogP contribution in [0, 0.1) is 17.5 Å². The Morgan fingerprint density at radius 1 is 0.900 bits per heavy atom. The van der Waals surface area contributed by atoms with E-state index in [1.165, 1.54) is 18.2 Å². The number of halogens is 3. The van der Waals surface area contributed by atoms with Crippen molar-refractivity contribution < 1.29 is 13.2 Å². The van der Waals surface area contributed by atoms with Crippen LogP contribution < -0.4 is 5.32 Å². The van der Waals surface area contributed by atoms with Gasteiger partial charge >= 0.3 is 0 Å². The van der Waals surface area contributed by atoms with Crippen molar-refractivity contribution in [2.45, 2.75) is 11.8 Å². The number of hydrogen-bond donors (Lipinski definition) is 1. The van der Waals surface area contributed by atoms with Crippen molar-refractivity contribution in [1.82, 2.24) is 5.32 Å². The van der Waals surface area contributed by atoms with E-state index >= 15 is 0 Å². The zero-order valence-electron chi connectivity index (χ0n) is 10.8. The van der Waals surface area contributed by atoms with Gasteiger partial charge in [0.25, 0.3) is 0 Å². The molecule has 0 saturated carbocycles. The summed E-state index contributed by atoms with van der Waals surface area (Å²) in [5, 5.41) is 3.16. The standard InChI is InChI=1S/C16H14F3N/c17-13-3-1-12(2-4-13)16(9-20-10-16)8-11-7-14(18)5-6-15(11)19/h1-7,20H,8-10H2. The van der Waals surface area contributed by atoms with E-state index in [4.69, 9.17) is 0 Å². The van der Waals surface area contributed by atoms with Crippen LogP contribution in [0.5, 0.6) is 0 Å². The van der Waals surface area contributed by atoms with E-state index in [0.717, 1.165) is 17.7 Å². The molecule has 1 aliphatic heterocycles. The minimum atomic E-state index is -0.442. The minimum Gasteiger partial charge on any atom is -0.315 e. The molecule has 104 valence electrons. The third-order valence-corrected chi connectivity index (χ3v) is 3.92. The first-order chi connectivity index (χ1) is 9.59. The highest BCUT2D eigenvalue weighted by molar-refractivity contribution is 5.34. The molecular formula is C16H14F3N. The monoisotopic (exact) mass is 277 g/mol. The van der Waals surface area contributed by atoms with Crippen LogP contribution in [0.2, 0.25) is 0 Å². The van der Waals surface area contributed by atoms with Crippen LogP contribution in [0.1, 0.15) is 11.1 Å². The van der Waals surface area contributed by atoms with Crippen molar-refractivity contribution in [3.8, 4) is 0 Å². The molecule has 1 fully saturated rings. The molecule has 1 heterocycles. The molecule has 0 aromatic heterocycles. The maximum atomic E-state index is 13.8. The lowest BCUT2D eigenvalue weighted by molar-refractivity contribution is 0.271. The molecular weight excluding hydrogens is 263 g/mol. The third kappa shape index (κ3) is 2.31. The Labute approximate surface area is 115 Å². The topological polar surface area (TPSA) is 12.0 Å². The fraction of sp³-hybridized carbons (Fsp3) is 0.250. The van der Waals surface area contributed by atoms with Crippen LogP contribution in [-0.4, -0.2) is 13.1 Å². The second-order valence-electron chi connectivity index (χ2n) is 5.30. The lowest BCUT2D eigenvalue weighted by atomic mass is 9.71. The molecule has 4 heteroatoms. The molecule has 0 amide bonds. The molecule has 2 aromatic rings. The molecule has 1 aliphatic rings. The van der Waals surface area contributed by atoms with Gasteiger partial charge in [-0.2, -0.15) is 0 Å². The van der Waals surface area contributed by atoms with Crippen molar-refractivity contribution >= 4 is 0 Å². The minimum absolute atomic E-state index is 0.289. The van der Waals surface area contributed by atoms with Crippen LogP contribution in [0.25, 0.3) is 0 Å². The van der Waals surface area contributed by atoms with E-state index < -0.39 is 11.6 Å². The number of hydrogen-bond acceptors (Lipinski definition) is 1. The van der Waals surface area contributed by atoms with Gasteiger partial charge in [-0.1, -0.05) is 12.1 Å². The largest absolute Gasteiger partial charge is 0.315 e. The van der Waals surface area contributed by atoms with Gasteiger partial charge in [-0.05, 0) is 47.9 Å². The maximum Gasteiger partial charge on any atom is 0.126 e. The highest BCUT2D eigenvalue weighted by Gasteiger charge is 2.39. The summed E-state index contributed by atoms with van der Waals surface area (Å²) < 4.78 is 40.1. The number of nitrogens with one attached hydrogen (secondary N) is 1. The van der Waals surface area contributed by atoms with Crippen LogP contribution in [-0.2, 0) is 11.8 Å². The third-order valence-electron chi connectivity index (χ3n) is 3.92. The van der Waals surface area contributed by atoms with Gasteiger partial charge in [-0.15, -0.1) is 0 Å². The summed E-state index contributed by atoms with van der Waals surface area (Å²) in [5.74, 6) is -1.14. The Bertz CT molecular complexity index is 618. The quantitative estimate of drug-likeness (QED) is 0.908. The van der Waals surface area contributed by atoms with Crippen molar-refractivity contribution in [2.24, 2.45) is 0 Å². The molecule has 0 radical (unpaired) electrons. The van der Waals surface area contributed by atoms with E-state index in [0.29, 0.717) is 25.1 Å². The van der Waals surface area contributed by atoms with E-state index in [-0.39, 0.29) is 11.2 Å². The molecule has 1 N–H and O–H groups in total.